The molecule has 2 saturated heterocycles. The Kier molecular flexibility index (Phi) is 12.6. The lowest BCUT2D eigenvalue weighted by molar-refractivity contribution is 0.0981. The predicted octanol–water partition coefficient (Wildman–Crippen LogP) is 5.29. The number of benzene rings is 3. The molecule has 2 fully saturated rings. The van der Waals surface area contributed by atoms with Crippen LogP contribution in [0.25, 0.3) is 0 Å². The molecule has 4 aromatic rings. The highest BCUT2D eigenvalue weighted by atomic mass is 32.2. The van der Waals surface area contributed by atoms with Crippen molar-refractivity contribution >= 4 is 38.9 Å². The summed E-state index contributed by atoms with van der Waals surface area (Å²) in [6, 6.07) is 19.3. The van der Waals surface area contributed by atoms with Crippen LogP contribution in [0.5, 0.6) is 17.2 Å². The maximum atomic E-state index is 13.1. The van der Waals surface area contributed by atoms with E-state index < -0.39 is 10.0 Å². The third-order valence-corrected chi connectivity index (χ3v) is 11.6. The Labute approximate surface area is 313 Å². The molecule has 14 heteroatoms. The third-order valence-electron chi connectivity index (χ3n) is 10.0. The molecule has 2 aliphatic rings. The first-order valence-electron chi connectivity index (χ1n) is 18.3. The fraction of sp³-hybridized carbons (Fsp3) is 0.436. The molecule has 284 valence electrons. The van der Waals surface area contributed by atoms with Crippen LogP contribution in [0.3, 0.4) is 0 Å². The van der Waals surface area contributed by atoms with E-state index in [4.69, 9.17) is 19.2 Å². The Hall–Kier alpha value is -4.63. The first-order valence-corrected chi connectivity index (χ1v) is 19.7. The average molecular weight is 745 g/mol. The van der Waals surface area contributed by atoms with Gasteiger partial charge in [0.15, 0.2) is 0 Å². The van der Waals surface area contributed by atoms with Crippen LogP contribution >= 0.6 is 0 Å². The number of rotatable bonds is 15. The molecule has 13 nitrogen and oxygen atoms in total. The SMILES string of the molecule is CCNS(=O)(=O)c1ccccc1Nc1nc(Nc2ccc(N3CCC(N4CCN(C)CC4)CC3)c(OC)c2)ncc1CCc1cc(OC)cc(OC)c1. The number of hydrogen-bond acceptors (Lipinski definition) is 12. The summed E-state index contributed by atoms with van der Waals surface area (Å²) in [7, 11) is 3.39. The molecule has 1 aromatic heterocycles. The minimum Gasteiger partial charge on any atom is -0.497 e. The number of anilines is 5. The molecule has 0 saturated carbocycles. The second-order valence-electron chi connectivity index (χ2n) is 13.5. The lowest BCUT2D eigenvalue weighted by Crippen LogP contribution is -2.52. The van der Waals surface area contributed by atoms with E-state index in [-0.39, 0.29) is 11.4 Å². The van der Waals surface area contributed by atoms with Crippen molar-refractivity contribution < 1.29 is 22.6 Å². The number of aromatic nitrogens is 2. The van der Waals surface area contributed by atoms with E-state index in [1.165, 1.54) is 0 Å². The zero-order chi connectivity index (χ0) is 37.4. The van der Waals surface area contributed by atoms with Gasteiger partial charge < -0.3 is 34.6 Å². The molecule has 0 amide bonds. The first-order chi connectivity index (χ1) is 25.7. The highest BCUT2D eigenvalue weighted by molar-refractivity contribution is 7.89. The molecule has 0 aliphatic carbocycles. The summed E-state index contributed by atoms with van der Waals surface area (Å²) in [6.45, 7) is 8.54. The number of sulfonamides is 1. The molecule has 0 atom stereocenters. The van der Waals surface area contributed by atoms with Gasteiger partial charge in [-0.3, -0.25) is 4.90 Å². The molecule has 0 unspecified atom stereocenters. The topological polar surface area (TPSA) is 133 Å². The largest absolute Gasteiger partial charge is 0.497 e. The van der Waals surface area contributed by atoms with Crippen LogP contribution in [0, 0.1) is 0 Å². The number of likely N-dealkylation sites (N-methyl/N-ethyl adjacent to an activating group) is 1. The van der Waals surface area contributed by atoms with Crippen LogP contribution in [0.2, 0.25) is 0 Å². The van der Waals surface area contributed by atoms with Gasteiger partial charge in [-0.15, -0.1) is 0 Å². The fourth-order valence-electron chi connectivity index (χ4n) is 7.05. The van der Waals surface area contributed by atoms with E-state index in [1.807, 2.05) is 30.3 Å². The standard InChI is InChI=1S/C39H52N8O5S/c1-6-41-53(48,49)37-10-8-7-9-34(37)43-38-29(12-11-28-23-32(50-3)26-33(24-28)51-4)27-40-39(44-38)42-30-13-14-35(36(25-30)52-5)47-17-15-31(16-18-47)46-21-19-45(2)20-22-46/h7-10,13-14,23-27,31,41H,6,11-12,15-22H2,1-5H3,(H2,40,42,43,44). The fourth-order valence-corrected chi connectivity index (χ4v) is 8.25. The minimum atomic E-state index is -3.76. The number of piperazine rings is 1. The van der Waals surface area contributed by atoms with Gasteiger partial charge in [-0.2, -0.15) is 4.98 Å². The molecule has 3 aromatic carbocycles. The second-order valence-corrected chi connectivity index (χ2v) is 15.2. The number of hydrogen-bond donors (Lipinski definition) is 3. The van der Waals surface area contributed by atoms with Gasteiger partial charge in [-0.05, 0) is 74.7 Å². The van der Waals surface area contributed by atoms with E-state index in [9.17, 15) is 8.42 Å². The van der Waals surface area contributed by atoms with Crippen LogP contribution in [0.1, 0.15) is 30.9 Å². The minimum absolute atomic E-state index is 0.131. The van der Waals surface area contributed by atoms with E-state index in [0.29, 0.717) is 47.8 Å². The number of nitrogens with zero attached hydrogens (tertiary/aromatic N) is 5. The van der Waals surface area contributed by atoms with Gasteiger partial charge in [0.2, 0.25) is 16.0 Å². The number of methoxy groups -OCH3 is 3. The Balaban J connectivity index is 1.23. The Morgan fingerprint density at radius 3 is 2.23 bits per heavy atom. The van der Waals surface area contributed by atoms with Gasteiger partial charge in [0, 0.05) is 81.4 Å². The van der Waals surface area contributed by atoms with Crippen LogP contribution in [0.15, 0.2) is 71.8 Å². The Morgan fingerprint density at radius 1 is 0.830 bits per heavy atom. The molecule has 6 rings (SSSR count). The van der Waals surface area contributed by atoms with Crippen molar-refractivity contribution in [2.24, 2.45) is 0 Å². The summed E-state index contributed by atoms with van der Waals surface area (Å²) in [4.78, 5) is 17.2. The van der Waals surface area contributed by atoms with E-state index in [2.05, 4.69) is 48.2 Å². The van der Waals surface area contributed by atoms with Crippen molar-refractivity contribution in [2.45, 2.75) is 43.5 Å². The first kappa shape index (κ1) is 38.1. The maximum absolute atomic E-state index is 13.1. The summed E-state index contributed by atoms with van der Waals surface area (Å²) in [5, 5.41) is 6.67. The van der Waals surface area contributed by atoms with Crippen molar-refractivity contribution in [1.29, 1.82) is 0 Å². The smallest absolute Gasteiger partial charge is 0.242 e. The van der Waals surface area contributed by atoms with Gasteiger partial charge in [0.05, 0.1) is 32.7 Å². The average Bonchev–Trinajstić information content (AvgIpc) is 3.18. The summed E-state index contributed by atoms with van der Waals surface area (Å²) >= 11 is 0. The molecule has 3 heterocycles. The van der Waals surface area contributed by atoms with Gasteiger partial charge in [-0.1, -0.05) is 19.1 Å². The Morgan fingerprint density at radius 2 is 1.55 bits per heavy atom. The maximum Gasteiger partial charge on any atom is 0.242 e. The van der Waals surface area contributed by atoms with E-state index >= 15 is 0 Å². The Bertz CT molecular complexity index is 1920. The van der Waals surface area contributed by atoms with Crippen molar-refractivity contribution in [1.82, 2.24) is 24.5 Å². The van der Waals surface area contributed by atoms with Crippen LogP contribution in [-0.2, 0) is 22.9 Å². The number of piperidine rings is 1. The third kappa shape index (κ3) is 9.49. The number of aryl methyl sites for hydroxylation is 2. The van der Waals surface area contributed by atoms with Crippen molar-refractivity contribution in [3.63, 3.8) is 0 Å². The second kappa shape index (κ2) is 17.5. The van der Waals surface area contributed by atoms with Crippen LogP contribution < -0.4 is 34.5 Å². The van der Waals surface area contributed by atoms with Crippen molar-refractivity contribution in [2.75, 3.05) is 89.7 Å². The van der Waals surface area contributed by atoms with Crippen molar-refractivity contribution in [3.05, 3.63) is 78.0 Å². The zero-order valence-corrected chi connectivity index (χ0v) is 32.2. The lowest BCUT2D eigenvalue weighted by atomic mass is 10.0. The van der Waals surface area contributed by atoms with Gasteiger partial charge >= 0.3 is 0 Å². The summed E-state index contributed by atoms with van der Waals surface area (Å²) in [5.41, 5.74) is 4.07. The normalized spacial score (nSPS) is 16.0. The number of para-hydroxylation sites is 1. The molecule has 0 bridgehead atoms. The quantitative estimate of drug-likeness (QED) is 0.146. The molecule has 2 aliphatic heterocycles. The van der Waals surface area contributed by atoms with E-state index in [1.54, 1.807) is 58.7 Å². The van der Waals surface area contributed by atoms with Crippen LogP contribution in [0.4, 0.5) is 28.8 Å². The summed E-state index contributed by atoms with van der Waals surface area (Å²) < 4.78 is 45.7. The summed E-state index contributed by atoms with van der Waals surface area (Å²) in [6.07, 6.45) is 5.24. The molecular weight excluding hydrogens is 693 g/mol. The van der Waals surface area contributed by atoms with Gasteiger partial charge in [0.25, 0.3) is 0 Å². The van der Waals surface area contributed by atoms with Crippen molar-refractivity contribution in [3.8, 4) is 17.2 Å². The number of ether oxygens (including phenoxy) is 3. The van der Waals surface area contributed by atoms with Crippen LogP contribution in [-0.4, -0.2) is 108 Å². The highest BCUT2D eigenvalue weighted by Crippen LogP contribution is 2.35. The lowest BCUT2D eigenvalue weighted by Gasteiger charge is -2.42. The molecular formula is C39H52N8O5S. The zero-order valence-electron chi connectivity index (χ0n) is 31.4. The molecule has 53 heavy (non-hydrogen) atoms. The summed E-state index contributed by atoms with van der Waals surface area (Å²) in [5.74, 6) is 3.02. The number of nitrogens with one attached hydrogen (secondary N) is 3. The van der Waals surface area contributed by atoms with E-state index in [0.717, 1.165) is 80.4 Å². The molecule has 0 radical (unpaired) electrons. The van der Waals surface area contributed by atoms with Gasteiger partial charge in [-0.25, -0.2) is 18.1 Å². The predicted molar refractivity (Wildman–Crippen MR) is 210 cm³/mol. The van der Waals surface area contributed by atoms with Gasteiger partial charge in [0.1, 0.15) is 28.0 Å². The molecule has 3 N–H and O–H groups in total. The monoisotopic (exact) mass is 744 g/mol. The highest BCUT2D eigenvalue weighted by Gasteiger charge is 2.28. The molecule has 0 spiro atoms.